The number of hydrogen-bond acceptors (Lipinski definition) is 3. The van der Waals surface area contributed by atoms with Crippen molar-refractivity contribution in [1.29, 1.82) is 0 Å². The Balaban J connectivity index is 1.95. The van der Waals surface area contributed by atoms with Gasteiger partial charge in [-0.05, 0) is 38.5 Å². The first kappa shape index (κ1) is 12.4. The van der Waals surface area contributed by atoms with Crippen molar-refractivity contribution in [3.8, 4) is 0 Å². The number of H-pyrrole nitrogens is 1. The SMILES string of the molecule is CC(C)(C)OC(=O)NCc1cnc2[nH]ccc2c1. The van der Waals surface area contributed by atoms with Crippen molar-refractivity contribution in [3.05, 3.63) is 30.1 Å². The molecule has 0 aliphatic heterocycles. The molecule has 2 aromatic rings. The number of carbonyl (C=O) groups is 1. The summed E-state index contributed by atoms with van der Waals surface area (Å²) in [5.74, 6) is 0. The first-order chi connectivity index (χ1) is 8.44. The molecule has 96 valence electrons. The van der Waals surface area contributed by atoms with Gasteiger partial charge in [-0.2, -0.15) is 0 Å². The molecule has 2 aromatic heterocycles. The molecule has 1 amide bonds. The van der Waals surface area contributed by atoms with Gasteiger partial charge in [-0.25, -0.2) is 9.78 Å². The highest BCUT2D eigenvalue weighted by molar-refractivity contribution is 5.75. The van der Waals surface area contributed by atoms with E-state index in [-0.39, 0.29) is 0 Å². The predicted molar refractivity (Wildman–Crippen MR) is 69.2 cm³/mol. The molecule has 0 atom stereocenters. The van der Waals surface area contributed by atoms with E-state index in [1.54, 1.807) is 6.20 Å². The maximum atomic E-state index is 11.5. The van der Waals surface area contributed by atoms with Crippen LogP contribution in [0.5, 0.6) is 0 Å². The second-order valence-electron chi connectivity index (χ2n) is 5.11. The Kier molecular flexibility index (Phi) is 3.23. The van der Waals surface area contributed by atoms with E-state index in [0.717, 1.165) is 16.6 Å². The lowest BCUT2D eigenvalue weighted by molar-refractivity contribution is 0.0523. The van der Waals surface area contributed by atoms with Crippen molar-refractivity contribution >= 4 is 17.1 Å². The molecule has 0 unspecified atom stereocenters. The third kappa shape index (κ3) is 3.23. The van der Waals surface area contributed by atoms with E-state index in [0.29, 0.717) is 6.54 Å². The summed E-state index contributed by atoms with van der Waals surface area (Å²) >= 11 is 0. The van der Waals surface area contributed by atoms with Crippen molar-refractivity contribution in [1.82, 2.24) is 15.3 Å². The van der Waals surface area contributed by atoms with Gasteiger partial charge < -0.3 is 15.0 Å². The second kappa shape index (κ2) is 4.68. The molecule has 5 heteroatoms. The van der Waals surface area contributed by atoms with Crippen molar-refractivity contribution < 1.29 is 9.53 Å². The van der Waals surface area contributed by atoms with Crippen LogP contribution in [0.3, 0.4) is 0 Å². The van der Waals surface area contributed by atoms with Crippen LogP contribution in [0, 0.1) is 0 Å². The lowest BCUT2D eigenvalue weighted by Gasteiger charge is -2.19. The van der Waals surface area contributed by atoms with Crippen molar-refractivity contribution in [2.45, 2.75) is 32.9 Å². The molecule has 5 nitrogen and oxygen atoms in total. The number of ether oxygens (including phenoxy) is 1. The molecule has 0 saturated heterocycles. The van der Waals surface area contributed by atoms with Crippen LogP contribution in [0.25, 0.3) is 11.0 Å². The number of nitrogens with one attached hydrogen (secondary N) is 2. The average Bonchev–Trinajstić information content (AvgIpc) is 2.71. The fourth-order valence-corrected chi connectivity index (χ4v) is 1.57. The Labute approximate surface area is 106 Å². The first-order valence-corrected chi connectivity index (χ1v) is 5.83. The number of pyridine rings is 1. The summed E-state index contributed by atoms with van der Waals surface area (Å²) < 4.78 is 5.16. The fraction of sp³-hybridized carbons (Fsp3) is 0.385. The number of aromatic nitrogens is 2. The predicted octanol–water partition coefficient (Wildman–Crippen LogP) is 2.59. The molecule has 0 aromatic carbocycles. The molecule has 0 aliphatic carbocycles. The number of amides is 1. The van der Waals surface area contributed by atoms with Crippen LogP contribution >= 0.6 is 0 Å². The summed E-state index contributed by atoms with van der Waals surface area (Å²) in [7, 11) is 0. The van der Waals surface area contributed by atoms with E-state index >= 15 is 0 Å². The van der Waals surface area contributed by atoms with E-state index in [2.05, 4.69) is 15.3 Å². The van der Waals surface area contributed by atoms with E-state index in [1.165, 1.54) is 0 Å². The molecular weight excluding hydrogens is 230 g/mol. The van der Waals surface area contributed by atoms with Gasteiger partial charge in [-0.15, -0.1) is 0 Å². The Bertz CT molecular complexity index is 555. The number of alkyl carbamates (subject to hydrolysis) is 1. The summed E-state index contributed by atoms with van der Waals surface area (Å²) in [6, 6.07) is 3.93. The molecule has 2 heterocycles. The molecule has 18 heavy (non-hydrogen) atoms. The molecular formula is C13H17N3O2. The number of rotatable bonds is 2. The Morgan fingerprint density at radius 3 is 3.00 bits per heavy atom. The molecule has 0 radical (unpaired) electrons. The third-order valence-corrected chi connectivity index (χ3v) is 2.29. The number of hydrogen-bond donors (Lipinski definition) is 2. The van der Waals surface area contributed by atoms with Gasteiger partial charge >= 0.3 is 6.09 Å². The third-order valence-electron chi connectivity index (χ3n) is 2.29. The first-order valence-electron chi connectivity index (χ1n) is 5.83. The summed E-state index contributed by atoms with van der Waals surface area (Å²) in [5, 5.41) is 3.73. The van der Waals surface area contributed by atoms with Crippen molar-refractivity contribution in [2.75, 3.05) is 0 Å². The molecule has 2 N–H and O–H groups in total. The summed E-state index contributed by atoms with van der Waals surface area (Å²) in [5.41, 5.74) is 1.30. The number of carbonyl (C=O) groups excluding carboxylic acids is 1. The van der Waals surface area contributed by atoms with Gasteiger partial charge in [0.1, 0.15) is 11.2 Å². The lowest BCUT2D eigenvalue weighted by atomic mass is 10.2. The lowest BCUT2D eigenvalue weighted by Crippen LogP contribution is -2.32. The summed E-state index contributed by atoms with van der Waals surface area (Å²) in [4.78, 5) is 18.8. The van der Waals surface area contributed by atoms with Gasteiger partial charge in [0.05, 0.1) is 0 Å². The topological polar surface area (TPSA) is 67.0 Å². The minimum atomic E-state index is -0.479. The van der Waals surface area contributed by atoms with Crippen LogP contribution in [0.15, 0.2) is 24.5 Å². The van der Waals surface area contributed by atoms with Crippen molar-refractivity contribution in [2.24, 2.45) is 0 Å². The summed E-state index contributed by atoms with van der Waals surface area (Å²) in [6.45, 7) is 5.91. The van der Waals surface area contributed by atoms with Crippen molar-refractivity contribution in [3.63, 3.8) is 0 Å². The molecule has 0 fully saturated rings. The van der Waals surface area contributed by atoms with Crippen LogP contribution in [-0.2, 0) is 11.3 Å². The second-order valence-corrected chi connectivity index (χ2v) is 5.11. The smallest absolute Gasteiger partial charge is 0.407 e. The zero-order valence-corrected chi connectivity index (χ0v) is 10.8. The van der Waals surface area contributed by atoms with Crippen LogP contribution in [0.4, 0.5) is 4.79 Å². The minimum absolute atomic E-state index is 0.406. The van der Waals surface area contributed by atoms with Crippen LogP contribution in [0.2, 0.25) is 0 Å². The van der Waals surface area contributed by atoms with Gasteiger partial charge in [-0.3, -0.25) is 0 Å². The molecule has 0 spiro atoms. The Hall–Kier alpha value is -2.04. The minimum Gasteiger partial charge on any atom is -0.444 e. The van der Waals surface area contributed by atoms with Crippen LogP contribution < -0.4 is 5.32 Å². The van der Waals surface area contributed by atoms with Crippen LogP contribution in [0.1, 0.15) is 26.3 Å². The van der Waals surface area contributed by atoms with Crippen LogP contribution in [-0.4, -0.2) is 21.7 Å². The zero-order chi connectivity index (χ0) is 13.2. The maximum absolute atomic E-state index is 11.5. The standard InChI is InChI=1S/C13H17N3O2/c1-13(2,3)18-12(17)16-8-9-6-10-4-5-14-11(10)15-7-9/h4-7H,8H2,1-3H3,(H,14,15)(H,16,17). The largest absolute Gasteiger partial charge is 0.444 e. The van der Waals surface area contributed by atoms with E-state index in [4.69, 9.17) is 4.74 Å². The molecule has 2 rings (SSSR count). The van der Waals surface area contributed by atoms with Gasteiger partial charge in [-0.1, -0.05) is 0 Å². The highest BCUT2D eigenvalue weighted by Gasteiger charge is 2.15. The highest BCUT2D eigenvalue weighted by Crippen LogP contribution is 2.11. The monoisotopic (exact) mass is 247 g/mol. The number of aromatic amines is 1. The van der Waals surface area contributed by atoms with Gasteiger partial charge in [0.2, 0.25) is 0 Å². The quantitative estimate of drug-likeness (QED) is 0.857. The maximum Gasteiger partial charge on any atom is 0.407 e. The van der Waals surface area contributed by atoms with E-state index < -0.39 is 11.7 Å². The zero-order valence-electron chi connectivity index (χ0n) is 10.8. The van der Waals surface area contributed by atoms with E-state index in [9.17, 15) is 4.79 Å². The molecule has 0 aliphatic rings. The number of nitrogens with zero attached hydrogens (tertiary/aromatic N) is 1. The number of fused-ring (bicyclic) bond motifs is 1. The Morgan fingerprint density at radius 2 is 2.28 bits per heavy atom. The molecule has 0 bridgehead atoms. The highest BCUT2D eigenvalue weighted by atomic mass is 16.6. The van der Waals surface area contributed by atoms with Gasteiger partial charge in [0, 0.05) is 24.3 Å². The van der Waals surface area contributed by atoms with E-state index in [1.807, 2.05) is 39.1 Å². The van der Waals surface area contributed by atoms with Gasteiger partial charge in [0.25, 0.3) is 0 Å². The fourth-order valence-electron chi connectivity index (χ4n) is 1.57. The Morgan fingerprint density at radius 1 is 1.50 bits per heavy atom. The summed E-state index contributed by atoms with van der Waals surface area (Å²) in [6.07, 6.45) is 3.15. The van der Waals surface area contributed by atoms with Gasteiger partial charge in [0.15, 0.2) is 0 Å². The average molecular weight is 247 g/mol. The normalized spacial score (nSPS) is 11.5. The molecule has 0 saturated carbocycles.